The molecule has 0 fully saturated rings. The maximum absolute atomic E-state index is 8.14. The molecule has 0 bridgehead atoms. The van der Waals surface area contributed by atoms with Crippen LogP contribution in [0.5, 0.6) is 0 Å². The second-order valence-corrected chi connectivity index (χ2v) is 14.2. The van der Waals surface area contributed by atoms with E-state index in [-0.39, 0.29) is 0 Å². The van der Waals surface area contributed by atoms with E-state index in [2.05, 4.69) is 163 Å². The quantitative estimate of drug-likeness (QED) is 0.154. The van der Waals surface area contributed by atoms with E-state index >= 15 is 0 Å². The molecule has 1 heterocycles. The van der Waals surface area contributed by atoms with E-state index in [0.29, 0.717) is 23.2 Å². The Morgan fingerprint density at radius 1 is 0.351 bits per heavy atom. The first-order chi connectivity index (χ1) is 28.2. The van der Waals surface area contributed by atoms with E-state index in [1.165, 1.54) is 16.7 Å². The van der Waals surface area contributed by atoms with E-state index in [4.69, 9.17) is 21.5 Å². The predicted molar refractivity (Wildman–Crippen MR) is 231 cm³/mol. The first kappa shape index (κ1) is 33.8. The normalized spacial score (nSPS) is 12.3. The fourth-order valence-corrected chi connectivity index (χ4v) is 8.40. The molecule has 0 N–H and O–H groups in total. The minimum atomic E-state index is -0.599. The molecule has 0 atom stereocenters. The van der Waals surface area contributed by atoms with Crippen molar-refractivity contribution in [2.24, 2.45) is 0 Å². The summed E-state index contributed by atoms with van der Waals surface area (Å²) in [7, 11) is 0. The fourth-order valence-electron chi connectivity index (χ4n) is 8.40. The second-order valence-electron chi connectivity index (χ2n) is 14.2. The maximum atomic E-state index is 8.14. The molecule has 0 amide bonds. The number of nitrogens with zero attached hydrogens (tertiary/aromatic N) is 4. The van der Waals surface area contributed by atoms with Gasteiger partial charge in [0.05, 0.1) is 12.0 Å². The zero-order chi connectivity index (χ0) is 38.2. The summed E-state index contributed by atoms with van der Waals surface area (Å²) in [4.78, 5) is 19.0. The van der Waals surface area contributed by atoms with Crippen LogP contribution in [0.2, 0.25) is 0 Å². The third kappa shape index (κ3) is 5.82. The molecule has 8 aromatic carbocycles. The minimum absolute atomic E-state index is 0.599. The van der Waals surface area contributed by atoms with Gasteiger partial charge in [0.15, 0.2) is 23.2 Å². The number of benzene rings is 8. The van der Waals surface area contributed by atoms with Gasteiger partial charge in [-0.3, -0.25) is 0 Å². The summed E-state index contributed by atoms with van der Waals surface area (Å²) in [6.07, 6.45) is 0. The predicted octanol–water partition coefficient (Wildman–Crippen LogP) is 13.1. The van der Waals surface area contributed by atoms with Crippen LogP contribution in [0.25, 0.3) is 72.4 Å². The van der Waals surface area contributed by atoms with Crippen molar-refractivity contribution in [3.63, 3.8) is 0 Å². The van der Waals surface area contributed by atoms with Gasteiger partial charge in [0.1, 0.15) is 0 Å². The topological polar surface area (TPSA) is 43.0 Å². The van der Waals surface area contributed by atoms with Gasteiger partial charge in [-0.1, -0.05) is 200 Å². The molecular weight excluding hydrogens is 693 g/mol. The van der Waals surface area contributed by atoms with Crippen LogP contribution in [0, 0.1) is 6.57 Å². The van der Waals surface area contributed by atoms with E-state index in [9.17, 15) is 0 Å². The average molecular weight is 727 g/mol. The Morgan fingerprint density at radius 3 is 1.26 bits per heavy atom. The van der Waals surface area contributed by atoms with Crippen molar-refractivity contribution in [1.82, 2.24) is 15.0 Å². The van der Waals surface area contributed by atoms with Gasteiger partial charge >= 0.3 is 0 Å². The van der Waals surface area contributed by atoms with Crippen molar-refractivity contribution in [2.75, 3.05) is 0 Å². The van der Waals surface area contributed by atoms with E-state index in [1.54, 1.807) is 0 Å². The molecule has 1 aromatic heterocycles. The van der Waals surface area contributed by atoms with Gasteiger partial charge < -0.3 is 0 Å². The molecule has 0 saturated carbocycles. The average Bonchev–Trinajstić information content (AvgIpc) is 3.61. The smallest absolute Gasteiger partial charge is 0.195 e. The van der Waals surface area contributed by atoms with Crippen molar-refractivity contribution >= 4 is 5.69 Å². The molecule has 0 radical (unpaired) electrons. The second kappa shape index (κ2) is 14.2. The van der Waals surface area contributed by atoms with E-state index in [1.807, 2.05) is 48.5 Å². The minimum Gasteiger partial charge on any atom is -0.238 e. The number of aromatic nitrogens is 3. The van der Waals surface area contributed by atoms with Gasteiger partial charge in [-0.15, -0.1) is 0 Å². The van der Waals surface area contributed by atoms with Gasteiger partial charge in [-0.05, 0) is 61.7 Å². The molecule has 1 aliphatic rings. The maximum Gasteiger partial charge on any atom is 0.195 e. The third-order valence-corrected chi connectivity index (χ3v) is 11.1. The van der Waals surface area contributed by atoms with Crippen molar-refractivity contribution in [1.29, 1.82) is 0 Å². The highest BCUT2D eigenvalue weighted by molar-refractivity contribution is 5.95. The summed E-state index contributed by atoms with van der Waals surface area (Å²) in [5.74, 6) is 1.86. The number of hydrogen-bond acceptors (Lipinski definition) is 3. The molecule has 266 valence electrons. The highest BCUT2D eigenvalue weighted by Gasteiger charge is 2.46. The van der Waals surface area contributed by atoms with Crippen molar-refractivity contribution < 1.29 is 0 Å². The van der Waals surface area contributed by atoms with Crippen LogP contribution in [0.15, 0.2) is 206 Å². The molecule has 0 saturated heterocycles. The number of rotatable bonds is 7. The Kier molecular flexibility index (Phi) is 8.39. The highest BCUT2D eigenvalue weighted by atomic mass is 15.0. The summed E-state index contributed by atoms with van der Waals surface area (Å²) in [6, 6.07) is 71.6. The molecule has 0 unspecified atom stereocenters. The summed E-state index contributed by atoms with van der Waals surface area (Å²) in [5.41, 5.74) is 14.0. The van der Waals surface area contributed by atoms with E-state index < -0.39 is 5.41 Å². The Bertz CT molecular complexity index is 2880. The van der Waals surface area contributed by atoms with Crippen LogP contribution >= 0.6 is 0 Å². The zero-order valence-corrected chi connectivity index (χ0v) is 30.9. The molecule has 9 aromatic rings. The first-order valence-electron chi connectivity index (χ1n) is 19.1. The van der Waals surface area contributed by atoms with Gasteiger partial charge in [-0.25, -0.2) is 19.8 Å². The highest BCUT2D eigenvalue weighted by Crippen LogP contribution is 2.59. The molecular formula is C53H34N4. The Hall–Kier alpha value is -7.74. The van der Waals surface area contributed by atoms with Crippen molar-refractivity contribution in [3.05, 3.63) is 240 Å². The van der Waals surface area contributed by atoms with Gasteiger partial charge in [0.25, 0.3) is 0 Å². The number of hydrogen-bond donors (Lipinski definition) is 0. The Morgan fingerprint density at radius 2 is 0.754 bits per heavy atom. The van der Waals surface area contributed by atoms with Crippen LogP contribution < -0.4 is 0 Å². The van der Waals surface area contributed by atoms with Crippen molar-refractivity contribution in [2.45, 2.75) is 5.41 Å². The monoisotopic (exact) mass is 726 g/mol. The molecule has 4 heteroatoms. The molecule has 57 heavy (non-hydrogen) atoms. The molecule has 1 aliphatic carbocycles. The summed E-state index contributed by atoms with van der Waals surface area (Å²) < 4.78 is 0. The van der Waals surface area contributed by atoms with Crippen LogP contribution in [0.4, 0.5) is 5.69 Å². The third-order valence-electron chi connectivity index (χ3n) is 11.1. The molecule has 10 rings (SSSR count). The summed E-state index contributed by atoms with van der Waals surface area (Å²) in [5, 5.41) is 0. The fraction of sp³-hybridized carbons (Fsp3) is 0.0189. The number of fused-ring (bicyclic) bond motifs is 3. The molecule has 4 nitrogen and oxygen atoms in total. The lowest BCUT2D eigenvalue weighted by Crippen LogP contribution is -2.28. The Balaban J connectivity index is 1.08. The summed E-state index contributed by atoms with van der Waals surface area (Å²) >= 11 is 0. The van der Waals surface area contributed by atoms with Gasteiger partial charge in [0.2, 0.25) is 0 Å². The lowest BCUT2D eigenvalue weighted by molar-refractivity contribution is 0.769. The standard InChI is InChI=1S/C53H34N4/c1-54-48-24-14-23-46-49(48)45-34-33-42(35-47(45)53(46,43-19-10-4-11-20-43)44-21-12-5-13-22-44)38-27-31-41(32-28-38)52-56-50(39-17-8-3-9-18-39)55-51(57-52)40-29-25-37(26-30-40)36-15-6-2-7-16-36/h2-35H. The SMILES string of the molecule is [C-]#[N+]c1cccc2c1-c1ccc(-c3ccc(-c4nc(-c5ccccc5)nc(-c5ccc(-c6ccccc6)cc5)n4)cc3)cc1C2(c1ccccc1)c1ccccc1. The Labute approximate surface area is 332 Å². The van der Waals surface area contributed by atoms with Crippen LogP contribution in [0.3, 0.4) is 0 Å². The van der Waals surface area contributed by atoms with Crippen molar-refractivity contribution in [3.8, 4) is 67.5 Å². The van der Waals surface area contributed by atoms with Gasteiger partial charge in [0, 0.05) is 16.7 Å². The van der Waals surface area contributed by atoms with Crippen LogP contribution in [-0.4, -0.2) is 15.0 Å². The van der Waals surface area contributed by atoms with E-state index in [0.717, 1.165) is 55.6 Å². The zero-order valence-electron chi connectivity index (χ0n) is 30.9. The largest absolute Gasteiger partial charge is 0.238 e. The van der Waals surface area contributed by atoms with Crippen LogP contribution in [-0.2, 0) is 5.41 Å². The first-order valence-corrected chi connectivity index (χ1v) is 19.1. The van der Waals surface area contributed by atoms with Crippen LogP contribution in [0.1, 0.15) is 22.3 Å². The lowest BCUT2D eigenvalue weighted by Gasteiger charge is -2.34. The molecule has 0 spiro atoms. The van der Waals surface area contributed by atoms with Gasteiger partial charge in [-0.2, -0.15) is 0 Å². The molecule has 0 aliphatic heterocycles. The summed E-state index contributed by atoms with van der Waals surface area (Å²) in [6.45, 7) is 8.14. The lowest BCUT2D eigenvalue weighted by atomic mass is 9.67.